The van der Waals surface area contributed by atoms with Gasteiger partial charge in [0.15, 0.2) is 5.52 Å². The fourth-order valence-corrected chi connectivity index (χ4v) is 4.60. The fraction of sp³-hybridized carbons (Fsp3) is 0.500. The van der Waals surface area contributed by atoms with Gasteiger partial charge in [-0.25, -0.2) is 13.8 Å². The second-order valence-electron chi connectivity index (χ2n) is 8.32. The van der Waals surface area contributed by atoms with E-state index in [2.05, 4.69) is 15.1 Å². The van der Waals surface area contributed by atoms with Crippen LogP contribution in [0.2, 0.25) is 0 Å². The Labute approximate surface area is 183 Å². The number of ether oxygens (including phenoxy) is 1. The van der Waals surface area contributed by atoms with Gasteiger partial charge in [-0.15, -0.1) is 0 Å². The lowest BCUT2D eigenvalue weighted by molar-refractivity contribution is -0.141. The standard InChI is InChI=1S/C20H19F5N6O2/c21-16(22)9-31-17-14(8-28-31)27-11-30(18(17)32)13-6-19(7-13)10-29(3-4-33-19)12-1-2-26-15(5-12)20(23,24)25/h1-2,5,8,11,13,16H,3-4,6-7,9-10H2. The van der Waals surface area contributed by atoms with Crippen molar-refractivity contribution in [3.05, 3.63) is 46.9 Å². The molecule has 0 amide bonds. The van der Waals surface area contributed by atoms with Crippen LogP contribution in [-0.2, 0) is 17.5 Å². The first kappa shape index (κ1) is 21.7. The minimum atomic E-state index is -4.54. The van der Waals surface area contributed by atoms with E-state index >= 15 is 0 Å². The largest absolute Gasteiger partial charge is 0.433 e. The van der Waals surface area contributed by atoms with Crippen molar-refractivity contribution in [1.82, 2.24) is 24.3 Å². The maximum Gasteiger partial charge on any atom is 0.433 e. The summed E-state index contributed by atoms with van der Waals surface area (Å²) in [6.45, 7) is 0.402. The predicted octanol–water partition coefficient (Wildman–Crippen LogP) is 2.88. The van der Waals surface area contributed by atoms with Gasteiger partial charge in [0.1, 0.15) is 17.8 Å². The van der Waals surface area contributed by atoms with Crippen LogP contribution < -0.4 is 10.5 Å². The normalized spacial score (nSPS) is 23.5. The third kappa shape index (κ3) is 3.94. The van der Waals surface area contributed by atoms with Gasteiger partial charge >= 0.3 is 6.18 Å². The van der Waals surface area contributed by atoms with Gasteiger partial charge in [0, 0.05) is 31.0 Å². The van der Waals surface area contributed by atoms with Crippen LogP contribution in [-0.4, -0.2) is 56.0 Å². The minimum absolute atomic E-state index is 0.0152. The molecule has 2 aliphatic rings. The lowest BCUT2D eigenvalue weighted by Crippen LogP contribution is -2.59. The molecule has 176 valence electrons. The summed E-state index contributed by atoms with van der Waals surface area (Å²) in [5.74, 6) is 0. The highest BCUT2D eigenvalue weighted by Gasteiger charge is 2.49. The molecular weight excluding hydrogens is 451 g/mol. The summed E-state index contributed by atoms with van der Waals surface area (Å²) in [5.41, 5.74) is -1.39. The lowest BCUT2D eigenvalue weighted by atomic mass is 9.74. The highest BCUT2D eigenvalue weighted by molar-refractivity contribution is 5.72. The summed E-state index contributed by atoms with van der Waals surface area (Å²) in [6.07, 6.45) is -2.54. The number of hydrogen-bond acceptors (Lipinski definition) is 6. The Morgan fingerprint density at radius 3 is 2.76 bits per heavy atom. The van der Waals surface area contributed by atoms with E-state index in [0.29, 0.717) is 38.2 Å². The van der Waals surface area contributed by atoms with E-state index in [1.165, 1.54) is 23.2 Å². The van der Waals surface area contributed by atoms with Gasteiger partial charge in [0.25, 0.3) is 12.0 Å². The average molecular weight is 470 g/mol. The molecule has 13 heteroatoms. The second kappa shape index (κ2) is 7.75. The highest BCUT2D eigenvalue weighted by atomic mass is 19.4. The Balaban J connectivity index is 1.35. The lowest BCUT2D eigenvalue weighted by Gasteiger charge is -2.53. The number of nitrogens with zero attached hydrogens (tertiary/aromatic N) is 6. The number of alkyl halides is 5. The first-order chi connectivity index (χ1) is 15.7. The summed E-state index contributed by atoms with van der Waals surface area (Å²) >= 11 is 0. The Kier molecular flexibility index (Phi) is 5.10. The molecule has 1 spiro atoms. The van der Waals surface area contributed by atoms with E-state index in [1.807, 2.05) is 4.90 Å². The van der Waals surface area contributed by atoms with Gasteiger partial charge in [-0.3, -0.25) is 19.0 Å². The third-order valence-corrected chi connectivity index (χ3v) is 6.15. The van der Waals surface area contributed by atoms with Gasteiger partial charge in [-0.1, -0.05) is 0 Å². The molecule has 0 unspecified atom stereocenters. The molecule has 3 aromatic heterocycles. The average Bonchev–Trinajstić information content (AvgIpc) is 3.15. The minimum Gasteiger partial charge on any atom is -0.371 e. The first-order valence-electron chi connectivity index (χ1n) is 10.3. The summed E-state index contributed by atoms with van der Waals surface area (Å²) in [6, 6.07) is 2.27. The third-order valence-electron chi connectivity index (χ3n) is 6.15. The van der Waals surface area contributed by atoms with Gasteiger partial charge in [0.2, 0.25) is 0 Å². The topological polar surface area (TPSA) is 78.1 Å². The van der Waals surface area contributed by atoms with Crippen LogP contribution in [0.4, 0.5) is 27.6 Å². The molecule has 3 aromatic rings. The zero-order chi connectivity index (χ0) is 23.4. The van der Waals surface area contributed by atoms with Crippen molar-refractivity contribution in [3.8, 4) is 0 Å². The molecule has 1 aliphatic heterocycles. The van der Waals surface area contributed by atoms with Crippen molar-refractivity contribution in [2.75, 3.05) is 24.6 Å². The van der Waals surface area contributed by atoms with Crippen LogP contribution in [0.3, 0.4) is 0 Å². The van der Waals surface area contributed by atoms with Crippen molar-refractivity contribution in [3.63, 3.8) is 0 Å². The number of morpholine rings is 1. The van der Waals surface area contributed by atoms with E-state index in [0.717, 1.165) is 16.9 Å². The zero-order valence-electron chi connectivity index (χ0n) is 17.2. The number of rotatable bonds is 4. The molecule has 5 rings (SSSR count). The van der Waals surface area contributed by atoms with E-state index in [-0.39, 0.29) is 17.1 Å². The molecule has 1 aliphatic carbocycles. The summed E-state index contributed by atoms with van der Waals surface area (Å²) < 4.78 is 73.1. The smallest absolute Gasteiger partial charge is 0.371 e. The molecule has 2 fully saturated rings. The molecule has 0 radical (unpaired) electrons. The fourth-order valence-electron chi connectivity index (χ4n) is 4.60. The van der Waals surface area contributed by atoms with Crippen molar-refractivity contribution in [2.24, 2.45) is 0 Å². The SMILES string of the molecule is O=c1c2c(cnn2CC(F)F)ncn1C1CC2(C1)CN(c1ccnc(C(F)(F)F)c1)CCO2. The maximum atomic E-state index is 13.0. The van der Waals surface area contributed by atoms with Gasteiger partial charge in [-0.05, 0) is 25.0 Å². The molecule has 0 aromatic carbocycles. The Bertz CT molecular complexity index is 1230. The number of halogens is 5. The van der Waals surface area contributed by atoms with Crippen molar-refractivity contribution in [1.29, 1.82) is 0 Å². The molecule has 0 bridgehead atoms. The first-order valence-corrected chi connectivity index (χ1v) is 10.3. The summed E-state index contributed by atoms with van der Waals surface area (Å²) in [7, 11) is 0. The predicted molar refractivity (Wildman–Crippen MR) is 106 cm³/mol. The number of hydrogen-bond donors (Lipinski definition) is 0. The van der Waals surface area contributed by atoms with Crippen LogP contribution in [0.5, 0.6) is 0 Å². The molecular formula is C20H19F5N6O2. The van der Waals surface area contributed by atoms with E-state index in [4.69, 9.17) is 4.74 Å². The quantitative estimate of drug-likeness (QED) is 0.546. The van der Waals surface area contributed by atoms with Crippen molar-refractivity contribution >= 4 is 16.7 Å². The number of anilines is 1. The van der Waals surface area contributed by atoms with Gasteiger partial charge < -0.3 is 9.64 Å². The van der Waals surface area contributed by atoms with Crippen LogP contribution >= 0.6 is 0 Å². The van der Waals surface area contributed by atoms with Crippen LogP contribution in [0.1, 0.15) is 24.6 Å². The van der Waals surface area contributed by atoms with E-state index in [9.17, 15) is 26.7 Å². The van der Waals surface area contributed by atoms with Crippen LogP contribution in [0, 0.1) is 0 Å². The second-order valence-corrected chi connectivity index (χ2v) is 8.32. The maximum absolute atomic E-state index is 13.0. The zero-order valence-corrected chi connectivity index (χ0v) is 17.2. The van der Waals surface area contributed by atoms with Gasteiger partial charge in [-0.2, -0.15) is 18.3 Å². The highest BCUT2D eigenvalue weighted by Crippen LogP contribution is 2.46. The number of fused-ring (bicyclic) bond motifs is 1. The Morgan fingerprint density at radius 1 is 1.24 bits per heavy atom. The van der Waals surface area contributed by atoms with E-state index in [1.54, 1.807) is 0 Å². The van der Waals surface area contributed by atoms with Crippen LogP contribution in [0.15, 0.2) is 35.6 Å². The molecule has 4 heterocycles. The van der Waals surface area contributed by atoms with Gasteiger partial charge in [0.05, 0.1) is 24.7 Å². The molecule has 33 heavy (non-hydrogen) atoms. The number of pyridine rings is 1. The molecule has 8 nitrogen and oxygen atoms in total. The van der Waals surface area contributed by atoms with Crippen molar-refractivity contribution in [2.45, 2.75) is 43.6 Å². The summed E-state index contributed by atoms with van der Waals surface area (Å²) in [5, 5.41) is 3.84. The molecule has 1 saturated heterocycles. The number of aromatic nitrogens is 5. The van der Waals surface area contributed by atoms with E-state index < -0.39 is 36.0 Å². The molecule has 0 atom stereocenters. The Morgan fingerprint density at radius 2 is 2.03 bits per heavy atom. The summed E-state index contributed by atoms with van der Waals surface area (Å²) in [4.78, 5) is 22.4. The molecule has 0 N–H and O–H groups in total. The van der Waals surface area contributed by atoms with Crippen LogP contribution in [0.25, 0.3) is 11.0 Å². The van der Waals surface area contributed by atoms with Crippen molar-refractivity contribution < 1.29 is 26.7 Å². The Hall–Kier alpha value is -3.09. The monoisotopic (exact) mass is 470 g/mol. The molecule has 1 saturated carbocycles.